The molecule has 14 heavy (non-hydrogen) atoms. The van der Waals surface area contributed by atoms with Gasteiger partial charge in [-0.05, 0) is 20.8 Å². The number of ether oxygens (including phenoxy) is 1. The van der Waals surface area contributed by atoms with Gasteiger partial charge in [0.15, 0.2) is 0 Å². The molecule has 0 saturated carbocycles. The fourth-order valence-corrected chi connectivity index (χ4v) is 0.824. The first-order valence-electron chi connectivity index (χ1n) is 4.04. The summed E-state index contributed by atoms with van der Waals surface area (Å²) >= 11 is 3.79. The average Bonchev–Trinajstić information content (AvgIpc) is 1.98. The number of aliphatic carboxylic acids is 1. The molecule has 2 atom stereocenters. The Morgan fingerprint density at radius 2 is 1.86 bits per heavy atom. The number of carbonyl (C=O) groups is 2. The second kappa shape index (κ2) is 4.65. The van der Waals surface area contributed by atoms with Crippen LogP contribution in [0.2, 0.25) is 0 Å². The summed E-state index contributed by atoms with van der Waals surface area (Å²) in [5, 5.41) is 7.37. The quantitative estimate of drug-likeness (QED) is 0.462. The minimum absolute atomic E-state index is 0.670. The summed E-state index contributed by atoms with van der Waals surface area (Å²) in [4.78, 5) is 21.7. The number of carboxylic acids is 1. The van der Waals surface area contributed by atoms with Gasteiger partial charge < -0.3 is 15.6 Å². The number of hydrogen-bond acceptors (Lipinski definition) is 5. The zero-order valence-corrected chi connectivity index (χ0v) is 9.25. The van der Waals surface area contributed by atoms with Crippen molar-refractivity contribution in [3.8, 4) is 0 Å². The van der Waals surface area contributed by atoms with Gasteiger partial charge in [0.1, 0.15) is 16.9 Å². The monoisotopic (exact) mass is 221 g/mol. The molecule has 0 amide bonds. The minimum Gasteiger partial charge on any atom is -0.480 e. The van der Waals surface area contributed by atoms with Crippen LogP contribution < -0.4 is 5.73 Å². The highest BCUT2D eigenvalue weighted by atomic mass is 32.1. The van der Waals surface area contributed by atoms with Gasteiger partial charge in [0.25, 0.3) is 0 Å². The van der Waals surface area contributed by atoms with E-state index in [4.69, 9.17) is 15.6 Å². The van der Waals surface area contributed by atoms with Gasteiger partial charge in [-0.2, -0.15) is 12.6 Å². The molecular weight excluding hydrogens is 206 g/mol. The molecule has 6 heteroatoms. The van der Waals surface area contributed by atoms with Crippen molar-refractivity contribution in [2.75, 3.05) is 0 Å². The Hall–Kier alpha value is -0.750. The number of thiol groups is 1. The van der Waals surface area contributed by atoms with Crippen LogP contribution in [0.5, 0.6) is 0 Å². The van der Waals surface area contributed by atoms with E-state index >= 15 is 0 Å². The predicted octanol–water partition coefficient (Wildman–Crippen LogP) is 0.0384. The minimum atomic E-state index is -1.35. The Labute approximate surface area is 88.0 Å². The Bertz CT molecular complexity index is 236. The average molecular weight is 221 g/mol. The van der Waals surface area contributed by atoms with Crippen molar-refractivity contribution in [3.63, 3.8) is 0 Å². The number of esters is 1. The zero-order chi connectivity index (χ0) is 11.5. The number of carboxylic acid groups (broad SMARTS) is 1. The van der Waals surface area contributed by atoms with Crippen molar-refractivity contribution >= 4 is 24.6 Å². The first kappa shape index (κ1) is 13.2. The van der Waals surface area contributed by atoms with E-state index in [2.05, 4.69) is 12.6 Å². The first-order chi connectivity index (χ1) is 6.15. The standard InChI is InChI=1S/C8H15NO4S/c1-8(2,3)13-7(12)5(14)4(9)6(10)11/h4-5,14H,9H2,1-3H3,(H,10,11)/t4-,5?/m0/s1. The summed E-state index contributed by atoms with van der Waals surface area (Å²) < 4.78 is 4.91. The molecule has 3 N–H and O–H groups in total. The van der Waals surface area contributed by atoms with E-state index < -0.39 is 28.8 Å². The molecule has 0 rings (SSSR count). The SMILES string of the molecule is CC(C)(C)OC(=O)C(S)[C@H](N)C(=O)O. The second-order valence-corrected chi connectivity index (χ2v) is 4.40. The van der Waals surface area contributed by atoms with Crippen molar-refractivity contribution in [2.24, 2.45) is 5.73 Å². The van der Waals surface area contributed by atoms with Crippen molar-refractivity contribution in [1.29, 1.82) is 0 Å². The van der Waals surface area contributed by atoms with Crippen molar-refractivity contribution < 1.29 is 19.4 Å². The third-order valence-electron chi connectivity index (χ3n) is 1.27. The molecule has 0 aliphatic rings. The summed E-state index contributed by atoms with van der Waals surface area (Å²) in [6, 6.07) is -1.35. The van der Waals surface area contributed by atoms with Crippen LogP contribution in [0.15, 0.2) is 0 Å². The van der Waals surface area contributed by atoms with Crippen LogP contribution in [0.3, 0.4) is 0 Å². The van der Waals surface area contributed by atoms with Crippen molar-refractivity contribution in [2.45, 2.75) is 37.7 Å². The largest absolute Gasteiger partial charge is 0.480 e. The van der Waals surface area contributed by atoms with Crippen LogP contribution in [0, 0.1) is 0 Å². The fourth-order valence-electron chi connectivity index (χ4n) is 0.644. The van der Waals surface area contributed by atoms with Gasteiger partial charge in [0, 0.05) is 0 Å². The maximum atomic E-state index is 11.3. The smallest absolute Gasteiger partial charge is 0.322 e. The lowest BCUT2D eigenvalue weighted by molar-refractivity contribution is -0.156. The molecule has 0 aromatic heterocycles. The van der Waals surface area contributed by atoms with E-state index in [0.717, 1.165) is 0 Å². The predicted molar refractivity (Wildman–Crippen MR) is 54.2 cm³/mol. The van der Waals surface area contributed by atoms with E-state index in [0.29, 0.717) is 0 Å². The molecule has 0 aliphatic carbocycles. The molecular formula is C8H15NO4S. The molecule has 0 aliphatic heterocycles. The highest BCUT2D eigenvalue weighted by Crippen LogP contribution is 2.12. The number of rotatable bonds is 3. The van der Waals surface area contributed by atoms with Crippen LogP contribution in [-0.4, -0.2) is 33.9 Å². The molecule has 5 nitrogen and oxygen atoms in total. The van der Waals surface area contributed by atoms with Gasteiger partial charge in [-0.1, -0.05) is 0 Å². The highest BCUT2D eigenvalue weighted by molar-refractivity contribution is 7.81. The number of hydrogen-bond donors (Lipinski definition) is 3. The maximum Gasteiger partial charge on any atom is 0.322 e. The summed E-state index contributed by atoms with van der Waals surface area (Å²) in [5.41, 5.74) is 4.53. The molecule has 0 aromatic rings. The third kappa shape index (κ3) is 4.48. The van der Waals surface area contributed by atoms with E-state index in [9.17, 15) is 9.59 Å². The normalized spacial score (nSPS) is 15.8. The summed E-state index contributed by atoms with van der Waals surface area (Å²) in [6.07, 6.45) is 0. The lowest BCUT2D eigenvalue weighted by Crippen LogP contribution is -2.45. The first-order valence-corrected chi connectivity index (χ1v) is 4.56. The van der Waals surface area contributed by atoms with E-state index in [-0.39, 0.29) is 0 Å². The maximum absolute atomic E-state index is 11.3. The Morgan fingerprint density at radius 3 is 2.14 bits per heavy atom. The van der Waals surface area contributed by atoms with Crippen LogP contribution in [-0.2, 0) is 14.3 Å². The van der Waals surface area contributed by atoms with E-state index in [1.807, 2.05) is 0 Å². The molecule has 1 unspecified atom stereocenters. The van der Waals surface area contributed by atoms with Gasteiger partial charge >= 0.3 is 11.9 Å². The van der Waals surface area contributed by atoms with E-state index in [1.165, 1.54) is 0 Å². The molecule has 0 fully saturated rings. The molecule has 0 heterocycles. The summed E-state index contributed by atoms with van der Waals surface area (Å²) in [5.74, 6) is -2.01. The Balaban J connectivity index is 4.33. The second-order valence-electron chi connectivity index (χ2n) is 3.84. The third-order valence-corrected chi connectivity index (χ3v) is 1.81. The molecule has 0 bridgehead atoms. The molecule has 0 radical (unpaired) electrons. The van der Waals surface area contributed by atoms with Gasteiger partial charge in [0.2, 0.25) is 0 Å². The Morgan fingerprint density at radius 1 is 1.43 bits per heavy atom. The van der Waals surface area contributed by atoms with Crippen molar-refractivity contribution in [1.82, 2.24) is 0 Å². The van der Waals surface area contributed by atoms with Crippen LogP contribution >= 0.6 is 12.6 Å². The van der Waals surface area contributed by atoms with Crippen molar-refractivity contribution in [3.05, 3.63) is 0 Å². The Kier molecular flexibility index (Phi) is 4.41. The highest BCUT2D eigenvalue weighted by Gasteiger charge is 2.31. The molecule has 0 aromatic carbocycles. The van der Waals surface area contributed by atoms with Gasteiger partial charge in [0.05, 0.1) is 0 Å². The zero-order valence-electron chi connectivity index (χ0n) is 8.35. The van der Waals surface area contributed by atoms with Gasteiger partial charge in [-0.3, -0.25) is 9.59 Å². The van der Waals surface area contributed by atoms with Crippen LogP contribution in [0.1, 0.15) is 20.8 Å². The van der Waals surface area contributed by atoms with E-state index in [1.54, 1.807) is 20.8 Å². The number of carbonyl (C=O) groups excluding carboxylic acids is 1. The summed E-state index contributed by atoms with van der Waals surface area (Å²) in [7, 11) is 0. The van der Waals surface area contributed by atoms with Crippen LogP contribution in [0.4, 0.5) is 0 Å². The topological polar surface area (TPSA) is 89.6 Å². The lowest BCUT2D eigenvalue weighted by atomic mass is 10.1. The lowest BCUT2D eigenvalue weighted by Gasteiger charge is -2.23. The van der Waals surface area contributed by atoms with Crippen LogP contribution in [0.25, 0.3) is 0 Å². The molecule has 0 spiro atoms. The van der Waals surface area contributed by atoms with Gasteiger partial charge in [-0.25, -0.2) is 0 Å². The fraction of sp³-hybridized carbons (Fsp3) is 0.750. The summed E-state index contributed by atoms with van der Waals surface area (Å²) in [6.45, 7) is 5.03. The molecule has 82 valence electrons. The number of nitrogens with two attached hydrogens (primary N) is 1. The van der Waals surface area contributed by atoms with Gasteiger partial charge in [-0.15, -0.1) is 0 Å². The molecule has 0 saturated heterocycles.